The Morgan fingerprint density at radius 3 is 2.68 bits per heavy atom. The summed E-state index contributed by atoms with van der Waals surface area (Å²) in [7, 11) is 0. The summed E-state index contributed by atoms with van der Waals surface area (Å²) in [6.07, 6.45) is 5.30. The first-order valence-corrected chi connectivity index (χ1v) is 7.78. The van der Waals surface area contributed by atoms with E-state index in [2.05, 4.69) is 54.4 Å². The van der Waals surface area contributed by atoms with Crippen LogP contribution in [0, 0.1) is 0 Å². The van der Waals surface area contributed by atoms with Crippen LogP contribution in [0.5, 0.6) is 0 Å². The molecule has 1 heterocycles. The van der Waals surface area contributed by atoms with Gasteiger partial charge in [-0.05, 0) is 45.1 Å². The van der Waals surface area contributed by atoms with Crippen LogP contribution in [-0.4, -0.2) is 35.6 Å². The molecule has 2 fully saturated rings. The van der Waals surface area contributed by atoms with Crippen molar-refractivity contribution in [3.8, 4) is 0 Å². The molecule has 0 spiro atoms. The first-order valence-electron chi connectivity index (χ1n) is 7.78. The molecule has 19 heavy (non-hydrogen) atoms. The highest BCUT2D eigenvalue weighted by Gasteiger charge is 2.38. The number of nitrogens with one attached hydrogen (secondary N) is 1. The number of nitrogens with zero attached hydrogens (tertiary/aromatic N) is 1. The van der Waals surface area contributed by atoms with Gasteiger partial charge in [0.2, 0.25) is 0 Å². The van der Waals surface area contributed by atoms with Crippen LogP contribution in [-0.2, 0) is 6.42 Å². The number of likely N-dealkylation sites (tertiary alicyclic amines) is 1. The molecule has 1 N–H and O–H groups in total. The molecule has 3 atom stereocenters. The fourth-order valence-electron chi connectivity index (χ4n) is 3.52. The first kappa shape index (κ1) is 13.1. The molecule has 0 radical (unpaired) electrons. The van der Waals surface area contributed by atoms with Gasteiger partial charge in [0.1, 0.15) is 0 Å². The lowest BCUT2D eigenvalue weighted by Gasteiger charge is -2.21. The molecule has 1 aliphatic heterocycles. The van der Waals surface area contributed by atoms with E-state index in [0.717, 1.165) is 18.5 Å². The second-order valence-corrected chi connectivity index (χ2v) is 6.47. The minimum atomic E-state index is 0.568. The Balaban J connectivity index is 1.48. The molecule has 3 rings (SSSR count). The van der Waals surface area contributed by atoms with Gasteiger partial charge in [0, 0.05) is 30.7 Å². The van der Waals surface area contributed by atoms with Crippen molar-refractivity contribution in [2.75, 3.05) is 6.54 Å². The van der Waals surface area contributed by atoms with Gasteiger partial charge in [-0.15, -0.1) is 0 Å². The van der Waals surface area contributed by atoms with E-state index >= 15 is 0 Å². The van der Waals surface area contributed by atoms with Gasteiger partial charge in [-0.3, -0.25) is 4.90 Å². The molecule has 0 aromatic heterocycles. The molecule has 2 heteroatoms. The van der Waals surface area contributed by atoms with Crippen molar-refractivity contribution in [3.05, 3.63) is 35.9 Å². The van der Waals surface area contributed by atoms with Gasteiger partial charge in [-0.2, -0.15) is 0 Å². The van der Waals surface area contributed by atoms with Crippen LogP contribution in [0.1, 0.15) is 38.7 Å². The van der Waals surface area contributed by atoms with Crippen LogP contribution in [0.15, 0.2) is 30.3 Å². The van der Waals surface area contributed by atoms with Crippen molar-refractivity contribution in [3.63, 3.8) is 0 Å². The molecule has 1 aromatic carbocycles. The molecule has 2 aliphatic rings. The van der Waals surface area contributed by atoms with Crippen LogP contribution in [0.2, 0.25) is 0 Å². The highest BCUT2D eigenvalue weighted by molar-refractivity contribution is 5.15. The number of rotatable bonds is 5. The van der Waals surface area contributed by atoms with Crippen LogP contribution >= 0.6 is 0 Å². The Morgan fingerprint density at radius 1 is 1.26 bits per heavy atom. The van der Waals surface area contributed by atoms with Crippen molar-refractivity contribution in [2.45, 2.75) is 63.7 Å². The maximum absolute atomic E-state index is 3.83. The molecular formula is C17H26N2. The van der Waals surface area contributed by atoms with E-state index in [0.29, 0.717) is 12.1 Å². The van der Waals surface area contributed by atoms with Crippen LogP contribution < -0.4 is 5.32 Å². The summed E-state index contributed by atoms with van der Waals surface area (Å²) in [5.74, 6) is 0. The average molecular weight is 258 g/mol. The summed E-state index contributed by atoms with van der Waals surface area (Å²) < 4.78 is 0. The largest absolute Gasteiger partial charge is 0.310 e. The van der Waals surface area contributed by atoms with Gasteiger partial charge in [0.25, 0.3) is 0 Å². The summed E-state index contributed by atoms with van der Waals surface area (Å²) in [6.45, 7) is 5.96. The zero-order chi connectivity index (χ0) is 13.2. The van der Waals surface area contributed by atoms with Crippen LogP contribution in [0.25, 0.3) is 0 Å². The van der Waals surface area contributed by atoms with E-state index in [4.69, 9.17) is 0 Å². The van der Waals surface area contributed by atoms with Gasteiger partial charge in [0.05, 0.1) is 0 Å². The van der Waals surface area contributed by atoms with Gasteiger partial charge in [-0.1, -0.05) is 30.3 Å². The predicted molar refractivity (Wildman–Crippen MR) is 80.3 cm³/mol. The maximum Gasteiger partial charge on any atom is 0.0212 e. The second kappa shape index (κ2) is 5.64. The number of hydrogen-bond acceptors (Lipinski definition) is 2. The van der Waals surface area contributed by atoms with E-state index in [-0.39, 0.29) is 0 Å². The van der Waals surface area contributed by atoms with E-state index in [9.17, 15) is 0 Å². The van der Waals surface area contributed by atoms with Gasteiger partial charge < -0.3 is 5.32 Å². The van der Waals surface area contributed by atoms with Crippen molar-refractivity contribution in [2.24, 2.45) is 0 Å². The average Bonchev–Trinajstić information content (AvgIpc) is 3.15. The number of hydrogen-bond donors (Lipinski definition) is 1. The Bertz CT molecular complexity index is 399. The molecular weight excluding hydrogens is 232 g/mol. The molecule has 1 aliphatic carbocycles. The molecule has 0 amide bonds. The normalized spacial score (nSPS) is 29.6. The monoisotopic (exact) mass is 258 g/mol. The van der Waals surface area contributed by atoms with E-state index in [1.165, 1.54) is 31.4 Å². The SMILES string of the molecule is CC(Cc1ccccc1)NC1CC(C)N(C2CC2)C1. The predicted octanol–water partition coefficient (Wildman–Crippen LogP) is 2.83. The van der Waals surface area contributed by atoms with Crippen molar-refractivity contribution < 1.29 is 0 Å². The summed E-state index contributed by atoms with van der Waals surface area (Å²) in [5, 5.41) is 3.83. The van der Waals surface area contributed by atoms with E-state index in [1.54, 1.807) is 0 Å². The van der Waals surface area contributed by atoms with Gasteiger partial charge in [-0.25, -0.2) is 0 Å². The standard InChI is InChI=1S/C17H26N2/c1-13(10-15-6-4-3-5-7-15)18-16-11-14(2)19(12-16)17-8-9-17/h3-7,13-14,16-18H,8-12H2,1-2H3. The lowest BCUT2D eigenvalue weighted by molar-refractivity contribution is 0.254. The molecule has 1 aromatic rings. The first-order chi connectivity index (χ1) is 9.22. The van der Waals surface area contributed by atoms with Crippen molar-refractivity contribution in [1.29, 1.82) is 0 Å². The summed E-state index contributed by atoms with van der Waals surface area (Å²) in [6, 6.07) is 13.8. The second-order valence-electron chi connectivity index (χ2n) is 6.47. The Kier molecular flexibility index (Phi) is 3.90. The van der Waals surface area contributed by atoms with Gasteiger partial charge in [0.15, 0.2) is 0 Å². The lowest BCUT2D eigenvalue weighted by atomic mass is 10.1. The summed E-state index contributed by atoms with van der Waals surface area (Å²) in [5.41, 5.74) is 1.44. The third kappa shape index (κ3) is 3.37. The summed E-state index contributed by atoms with van der Waals surface area (Å²) >= 11 is 0. The topological polar surface area (TPSA) is 15.3 Å². The third-order valence-electron chi connectivity index (χ3n) is 4.54. The fraction of sp³-hybridized carbons (Fsp3) is 0.647. The highest BCUT2D eigenvalue weighted by atomic mass is 15.3. The minimum absolute atomic E-state index is 0.568. The van der Waals surface area contributed by atoms with Gasteiger partial charge >= 0.3 is 0 Å². The Morgan fingerprint density at radius 2 is 2.00 bits per heavy atom. The molecule has 0 bridgehead atoms. The summed E-state index contributed by atoms with van der Waals surface area (Å²) in [4.78, 5) is 2.72. The van der Waals surface area contributed by atoms with E-state index < -0.39 is 0 Å². The lowest BCUT2D eigenvalue weighted by Crippen LogP contribution is -2.40. The molecule has 104 valence electrons. The van der Waals surface area contributed by atoms with E-state index in [1.807, 2.05) is 0 Å². The molecule has 1 saturated carbocycles. The smallest absolute Gasteiger partial charge is 0.0212 e. The van der Waals surface area contributed by atoms with Crippen LogP contribution in [0.4, 0.5) is 0 Å². The molecule has 2 nitrogen and oxygen atoms in total. The number of benzene rings is 1. The fourth-order valence-corrected chi connectivity index (χ4v) is 3.52. The van der Waals surface area contributed by atoms with Crippen molar-refractivity contribution >= 4 is 0 Å². The Hall–Kier alpha value is -0.860. The molecule has 3 unspecified atom stereocenters. The third-order valence-corrected chi connectivity index (χ3v) is 4.54. The molecule has 1 saturated heterocycles. The Labute approximate surface area is 117 Å². The van der Waals surface area contributed by atoms with Crippen molar-refractivity contribution in [1.82, 2.24) is 10.2 Å². The minimum Gasteiger partial charge on any atom is -0.310 e. The maximum atomic E-state index is 3.83. The zero-order valence-corrected chi connectivity index (χ0v) is 12.2. The van der Waals surface area contributed by atoms with Crippen LogP contribution in [0.3, 0.4) is 0 Å². The quantitative estimate of drug-likeness (QED) is 0.873. The zero-order valence-electron chi connectivity index (χ0n) is 12.2. The highest BCUT2D eigenvalue weighted by Crippen LogP contribution is 2.33.